The molecule has 26 heavy (non-hydrogen) atoms. The number of benzene rings is 1. The lowest BCUT2D eigenvalue weighted by Gasteiger charge is -2.18. The first-order valence-electron chi connectivity index (χ1n) is 8.95. The number of rotatable bonds is 9. The average Bonchev–Trinajstić information content (AvgIpc) is 2.58. The standard InChI is InChI=1S/C21H28N2O3/c1-14(2)9-19(21(24)25)23-12-17-10-15(3)20(16(4)11-17)26-13-18-7-5-6-8-22-18/h5-8,10-11,14,19,23H,9,12-13H2,1-4H3,(H,24,25). The van der Waals surface area contributed by atoms with Crippen molar-refractivity contribution in [2.45, 2.75) is 53.3 Å². The highest BCUT2D eigenvalue weighted by Crippen LogP contribution is 2.25. The van der Waals surface area contributed by atoms with Crippen LogP contribution in [0.15, 0.2) is 36.5 Å². The summed E-state index contributed by atoms with van der Waals surface area (Å²) in [6.07, 6.45) is 2.36. The van der Waals surface area contributed by atoms with E-state index in [1.54, 1.807) is 6.20 Å². The number of hydrogen-bond acceptors (Lipinski definition) is 4. The molecule has 140 valence electrons. The number of carbonyl (C=O) groups is 1. The third-order valence-corrected chi connectivity index (χ3v) is 4.17. The molecule has 1 aromatic heterocycles. The van der Waals surface area contributed by atoms with E-state index in [1.165, 1.54) is 0 Å². The molecule has 2 N–H and O–H groups in total. The minimum absolute atomic E-state index is 0.328. The summed E-state index contributed by atoms with van der Waals surface area (Å²) in [6.45, 7) is 9.01. The van der Waals surface area contributed by atoms with E-state index >= 15 is 0 Å². The number of hydrogen-bond donors (Lipinski definition) is 2. The predicted molar refractivity (Wildman–Crippen MR) is 102 cm³/mol. The number of aromatic nitrogens is 1. The first-order valence-corrected chi connectivity index (χ1v) is 8.95. The maximum atomic E-state index is 11.4. The highest BCUT2D eigenvalue weighted by atomic mass is 16.5. The van der Waals surface area contributed by atoms with Crippen LogP contribution in [-0.2, 0) is 17.9 Å². The SMILES string of the molecule is Cc1cc(CNC(CC(C)C)C(=O)O)cc(C)c1OCc1ccccn1. The summed E-state index contributed by atoms with van der Waals surface area (Å²) in [5.41, 5.74) is 4.01. The molecule has 0 bridgehead atoms. The summed E-state index contributed by atoms with van der Waals surface area (Å²) in [7, 11) is 0. The molecule has 0 aliphatic heterocycles. The van der Waals surface area contributed by atoms with E-state index < -0.39 is 12.0 Å². The van der Waals surface area contributed by atoms with Gasteiger partial charge in [-0.15, -0.1) is 0 Å². The molecule has 2 aromatic rings. The summed E-state index contributed by atoms with van der Waals surface area (Å²) in [5, 5.41) is 12.5. The molecule has 0 saturated carbocycles. The fourth-order valence-corrected chi connectivity index (χ4v) is 2.98. The van der Waals surface area contributed by atoms with Crippen LogP contribution in [0.5, 0.6) is 5.75 Å². The molecule has 1 unspecified atom stereocenters. The van der Waals surface area contributed by atoms with Gasteiger partial charge in [0, 0.05) is 12.7 Å². The molecule has 1 atom stereocenters. The normalized spacial score (nSPS) is 12.2. The lowest BCUT2D eigenvalue weighted by atomic mass is 10.0. The van der Waals surface area contributed by atoms with Gasteiger partial charge in [-0.25, -0.2) is 0 Å². The van der Waals surface area contributed by atoms with E-state index in [-0.39, 0.29) is 0 Å². The summed E-state index contributed by atoms with van der Waals surface area (Å²) in [4.78, 5) is 15.6. The first-order chi connectivity index (χ1) is 12.4. The van der Waals surface area contributed by atoms with Crippen molar-refractivity contribution in [1.82, 2.24) is 10.3 Å². The van der Waals surface area contributed by atoms with Crippen LogP contribution in [0.4, 0.5) is 0 Å². The lowest BCUT2D eigenvalue weighted by Crippen LogP contribution is -2.37. The minimum Gasteiger partial charge on any atom is -0.487 e. The Morgan fingerprint density at radius 1 is 1.23 bits per heavy atom. The molecular weight excluding hydrogens is 328 g/mol. The number of carboxylic acid groups (broad SMARTS) is 1. The van der Waals surface area contributed by atoms with Gasteiger partial charge in [-0.3, -0.25) is 9.78 Å². The number of aryl methyl sites for hydroxylation is 2. The number of aliphatic carboxylic acids is 1. The van der Waals surface area contributed by atoms with Crippen molar-refractivity contribution in [1.29, 1.82) is 0 Å². The molecule has 0 aliphatic rings. The van der Waals surface area contributed by atoms with Gasteiger partial charge < -0.3 is 15.2 Å². The van der Waals surface area contributed by atoms with E-state index in [2.05, 4.69) is 10.3 Å². The summed E-state index contributed by atoms with van der Waals surface area (Å²) in [5.74, 6) is 0.383. The minimum atomic E-state index is -0.803. The number of carboxylic acids is 1. The fourth-order valence-electron chi connectivity index (χ4n) is 2.98. The van der Waals surface area contributed by atoms with Crippen LogP contribution in [0.2, 0.25) is 0 Å². The van der Waals surface area contributed by atoms with Crippen molar-refractivity contribution >= 4 is 5.97 Å². The van der Waals surface area contributed by atoms with E-state index in [1.807, 2.05) is 58.0 Å². The zero-order valence-electron chi connectivity index (χ0n) is 16.0. The molecule has 0 radical (unpaired) electrons. The zero-order valence-corrected chi connectivity index (χ0v) is 16.0. The Kier molecular flexibility index (Phi) is 7.16. The molecule has 0 aliphatic carbocycles. The number of ether oxygens (including phenoxy) is 1. The molecule has 0 spiro atoms. The van der Waals surface area contributed by atoms with Gasteiger partial charge in [-0.1, -0.05) is 32.0 Å². The second-order valence-electron chi connectivity index (χ2n) is 7.07. The van der Waals surface area contributed by atoms with Crippen molar-refractivity contribution in [3.05, 3.63) is 58.9 Å². The van der Waals surface area contributed by atoms with Gasteiger partial charge in [0.05, 0.1) is 5.69 Å². The molecule has 0 fully saturated rings. The van der Waals surface area contributed by atoms with Gasteiger partial charge in [0.2, 0.25) is 0 Å². The molecule has 2 rings (SSSR count). The van der Waals surface area contributed by atoms with Crippen molar-refractivity contribution in [3.8, 4) is 5.75 Å². The van der Waals surface area contributed by atoms with Crippen molar-refractivity contribution in [2.24, 2.45) is 5.92 Å². The van der Waals surface area contributed by atoms with E-state index in [4.69, 9.17) is 4.74 Å². The van der Waals surface area contributed by atoms with E-state index in [9.17, 15) is 9.90 Å². The number of pyridine rings is 1. The highest BCUT2D eigenvalue weighted by Gasteiger charge is 2.18. The highest BCUT2D eigenvalue weighted by molar-refractivity contribution is 5.73. The van der Waals surface area contributed by atoms with E-state index in [0.29, 0.717) is 25.5 Å². The zero-order chi connectivity index (χ0) is 19.1. The Morgan fingerprint density at radius 2 is 1.92 bits per heavy atom. The van der Waals surface area contributed by atoms with Gasteiger partial charge in [-0.2, -0.15) is 0 Å². The molecule has 5 heteroatoms. The number of nitrogens with zero attached hydrogens (tertiary/aromatic N) is 1. The van der Waals surface area contributed by atoms with Gasteiger partial charge in [0.1, 0.15) is 18.4 Å². The quantitative estimate of drug-likeness (QED) is 0.714. The summed E-state index contributed by atoms with van der Waals surface area (Å²) < 4.78 is 5.95. The topological polar surface area (TPSA) is 71.5 Å². The third-order valence-electron chi connectivity index (χ3n) is 4.17. The maximum absolute atomic E-state index is 11.4. The third kappa shape index (κ3) is 5.85. The van der Waals surface area contributed by atoms with Crippen LogP contribution < -0.4 is 10.1 Å². The van der Waals surface area contributed by atoms with E-state index in [0.717, 1.165) is 28.1 Å². The van der Waals surface area contributed by atoms with Crippen LogP contribution in [0.3, 0.4) is 0 Å². The summed E-state index contributed by atoms with van der Waals surface area (Å²) >= 11 is 0. The molecular formula is C21H28N2O3. The Morgan fingerprint density at radius 3 is 2.46 bits per heavy atom. The van der Waals surface area contributed by atoms with Crippen LogP contribution >= 0.6 is 0 Å². The van der Waals surface area contributed by atoms with Crippen molar-refractivity contribution in [2.75, 3.05) is 0 Å². The fraction of sp³-hybridized carbons (Fsp3) is 0.429. The summed E-state index contributed by atoms with van der Waals surface area (Å²) in [6, 6.07) is 9.31. The lowest BCUT2D eigenvalue weighted by molar-refractivity contribution is -0.140. The Hall–Kier alpha value is -2.40. The Labute approximate surface area is 155 Å². The maximum Gasteiger partial charge on any atom is 0.320 e. The van der Waals surface area contributed by atoms with Crippen LogP contribution in [0.1, 0.15) is 42.7 Å². The Bertz CT molecular complexity index is 706. The van der Waals surface area contributed by atoms with Gasteiger partial charge >= 0.3 is 5.97 Å². The van der Waals surface area contributed by atoms with Gasteiger partial charge in [0.15, 0.2) is 0 Å². The van der Waals surface area contributed by atoms with Crippen LogP contribution in [-0.4, -0.2) is 22.1 Å². The second kappa shape index (κ2) is 9.34. The molecule has 1 aromatic carbocycles. The predicted octanol–water partition coefficient (Wildman–Crippen LogP) is 3.87. The number of nitrogens with one attached hydrogen (secondary N) is 1. The first kappa shape index (κ1) is 19.9. The molecule has 5 nitrogen and oxygen atoms in total. The molecule has 0 saturated heterocycles. The monoisotopic (exact) mass is 356 g/mol. The average molecular weight is 356 g/mol. The van der Waals surface area contributed by atoms with Crippen LogP contribution in [0.25, 0.3) is 0 Å². The van der Waals surface area contributed by atoms with Crippen LogP contribution in [0, 0.1) is 19.8 Å². The second-order valence-corrected chi connectivity index (χ2v) is 7.07. The van der Waals surface area contributed by atoms with Crippen molar-refractivity contribution in [3.63, 3.8) is 0 Å². The van der Waals surface area contributed by atoms with Gasteiger partial charge in [-0.05, 0) is 55.0 Å². The molecule has 1 heterocycles. The van der Waals surface area contributed by atoms with Crippen molar-refractivity contribution < 1.29 is 14.6 Å². The largest absolute Gasteiger partial charge is 0.487 e. The molecule has 0 amide bonds. The Balaban J connectivity index is 2.02. The smallest absolute Gasteiger partial charge is 0.320 e. The van der Waals surface area contributed by atoms with Gasteiger partial charge in [0.25, 0.3) is 0 Å².